The number of nitrogens with one attached hydrogen (secondary N) is 2. The summed E-state index contributed by atoms with van der Waals surface area (Å²) in [6, 6.07) is 2.12. The molecule has 0 spiro atoms. The highest BCUT2D eigenvalue weighted by molar-refractivity contribution is 7.89. The van der Waals surface area contributed by atoms with Gasteiger partial charge in [0.15, 0.2) is 0 Å². The van der Waals surface area contributed by atoms with Crippen LogP contribution in [-0.2, 0) is 29.4 Å². The second-order valence-electron chi connectivity index (χ2n) is 9.35. The highest BCUT2D eigenvalue weighted by Crippen LogP contribution is 2.39. The van der Waals surface area contributed by atoms with Crippen LogP contribution in [0.3, 0.4) is 0 Å². The molecule has 6 rings (SSSR count). The average molecular weight is 462 g/mol. The summed E-state index contributed by atoms with van der Waals surface area (Å²) in [5, 5.41) is 2.46. The standard InChI is InChI=1S/C23H28FN3O4S/c1-13(2)18-11-19(24)16-4-3-5-17(16)21(18)25-23(28)26-32(29,30)20-10-15-12-27-8-6-14(7-9-27)22(15)31-20/h10-11,13-14H,3-9,12H2,1-2H3,(H2,25,26,28). The quantitative estimate of drug-likeness (QED) is 0.711. The summed E-state index contributed by atoms with van der Waals surface area (Å²) < 4.78 is 48.2. The molecular weight excluding hydrogens is 433 g/mol. The first-order valence-electron chi connectivity index (χ1n) is 11.3. The molecule has 7 nitrogen and oxygen atoms in total. The maximum atomic E-state index is 14.5. The van der Waals surface area contributed by atoms with Gasteiger partial charge in [0.1, 0.15) is 11.6 Å². The summed E-state index contributed by atoms with van der Waals surface area (Å²) in [5.41, 5.74) is 3.42. The maximum Gasteiger partial charge on any atom is 0.333 e. The van der Waals surface area contributed by atoms with Crippen LogP contribution in [0.4, 0.5) is 14.9 Å². The topological polar surface area (TPSA) is 91.7 Å². The fraction of sp³-hybridized carbons (Fsp3) is 0.522. The van der Waals surface area contributed by atoms with E-state index in [2.05, 4.69) is 14.9 Å². The predicted octanol–water partition coefficient (Wildman–Crippen LogP) is 4.23. The molecule has 0 unspecified atom stereocenters. The lowest BCUT2D eigenvalue weighted by molar-refractivity contribution is 0.212. The highest BCUT2D eigenvalue weighted by Gasteiger charge is 2.34. The summed E-state index contributed by atoms with van der Waals surface area (Å²) in [7, 11) is -4.18. The van der Waals surface area contributed by atoms with Crippen LogP contribution < -0.4 is 10.0 Å². The van der Waals surface area contributed by atoms with E-state index in [-0.39, 0.29) is 22.7 Å². The Kier molecular flexibility index (Phi) is 5.28. The first kappa shape index (κ1) is 21.5. The maximum absolute atomic E-state index is 14.5. The minimum Gasteiger partial charge on any atom is -0.447 e. The van der Waals surface area contributed by atoms with Gasteiger partial charge in [-0.3, -0.25) is 4.90 Å². The number of amides is 2. The van der Waals surface area contributed by atoms with Crippen molar-refractivity contribution in [1.82, 2.24) is 9.62 Å². The van der Waals surface area contributed by atoms with E-state index in [1.165, 1.54) is 12.1 Å². The summed E-state index contributed by atoms with van der Waals surface area (Å²) in [6.45, 7) is 6.46. The molecule has 9 heteroatoms. The van der Waals surface area contributed by atoms with Gasteiger partial charge in [0.05, 0.1) is 0 Å². The Bertz CT molecular complexity index is 1180. The lowest BCUT2D eigenvalue weighted by atomic mass is 9.95. The van der Waals surface area contributed by atoms with Gasteiger partial charge in [0.25, 0.3) is 10.0 Å². The van der Waals surface area contributed by atoms with Crippen LogP contribution in [0.15, 0.2) is 21.6 Å². The van der Waals surface area contributed by atoms with Crippen molar-refractivity contribution in [2.45, 2.75) is 69.4 Å². The molecule has 1 aromatic carbocycles. The number of carbonyl (C=O) groups excluding carboxylic acids is 1. The van der Waals surface area contributed by atoms with Crippen molar-refractivity contribution in [3.63, 3.8) is 0 Å². The first-order chi connectivity index (χ1) is 15.2. The molecule has 0 saturated carbocycles. The van der Waals surface area contributed by atoms with E-state index >= 15 is 0 Å². The largest absolute Gasteiger partial charge is 0.447 e. The van der Waals surface area contributed by atoms with Crippen molar-refractivity contribution in [3.8, 4) is 0 Å². The number of rotatable bonds is 4. The number of piperidine rings is 1. The molecule has 2 N–H and O–H groups in total. The Balaban J connectivity index is 1.39. The fourth-order valence-corrected chi connectivity index (χ4v) is 6.17. The molecule has 4 aliphatic rings. The van der Waals surface area contributed by atoms with Crippen LogP contribution in [0.1, 0.15) is 73.0 Å². The van der Waals surface area contributed by atoms with Crippen LogP contribution in [-0.4, -0.2) is 32.4 Å². The van der Waals surface area contributed by atoms with E-state index in [4.69, 9.17) is 4.42 Å². The van der Waals surface area contributed by atoms with Crippen molar-refractivity contribution in [1.29, 1.82) is 0 Å². The van der Waals surface area contributed by atoms with Crippen LogP contribution in [0.5, 0.6) is 0 Å². The Hall–Kier alpha value is -2.39. The van der Waals surface area contributed by atoms with E-state index in [9.17, 15) is 17.6 Å². The Labute approximate surface area is 187 Å². The lowest BCUT2D eigenvalue weighted by Gasteiger charge is -2.26. The molecular formula is C23H28FN3O4S. The predicted molar refractivity (Wildman–Crippen MR) is 118 cm³/mol. The van der Waals surface area contributed by atoms with E-state index in [1.54, 1.807) is 0 Å². The number of furan rings is 1. The number of nitrogens with zero attached hydrogens (tertiary/aromatic N) is 1. The Morgan fingerprint density at radius 1 is 1.19 bits per heavy atom. The third-order valence-corrected chi connectivity index (χ3v) is 8.09. The molecule has 4 heterocycles. The van der Waals surface area contributed by atoms with Crippen LogP contribution >= 0.6 is 0 Å². The minimum atomic E-state index is -4.18. The van der Waals surface area contributed by atoms with E-state index in [0.717, 1.165) is 49.2 Å². The summed E-state index contributed by atoms with van der Waals surface area (Å²) in [4.78, 5) is 15.0. The minimum absolute atomic E-state index is 0.0338. The molecule has 0 radical (unpaired) electrons. The van der Waals surface area contributed by atoms with Crippen molar-refractivity contribution < 1.29 is 22.0 Å². The van der Waals surface area contributed by atoms with Crippen molar-refractivity contribution >= 4 is 21.7 Å². The monoisotopic (exact) mass is 461 g/mol. The highest BCUT2D eigenvalue weighted by atomic mass is 32.2. The molecule has 2 bridgehead atoms. The smallest absolute Gasteiger partial charge is 0.333 e. The first-order valence-corrected chi connectivity index (χ1v) is 12.7. The van der Waals surface area contributed by atoms with Crippen molar-refractivity contribution in [2.75, 3.05) is 18.4 Å². The fourth-order valence-electron chi connectivity index (χ4n) is 5.28. The van der Waals surface area contributed by atoms with E-state index in [0.29, 0.717) is 36.2 Å². The number of anilines is 1. The Morgan fingerprint density at radius 2 is 1.91 bits per heavy atom. The average Bonchev–Trinajstić information content (AvgIpc) is 3.33. The van der Waals surface area contributed by atoms with E-state index in [1.807, 2.05) is 13.8 Å². The number of halogens is 1. The van der Waals surface area contributed by atoms with Gasteiger partial charge in [-0.05, 0) is 73.9 Å². The molecule has 3 aliphatic heterocycles. The number of hydrogen-bond donors (Lipinski definition) is 2. The summed E-state index contributed by atoms with van der Waals surface area (Å²) >= 11 is 0. The number of fused-ring (bicyclic) bond motifs is 3. The molecule has 1 saturated heterocycles. The zero-order chi connectivity index (χ0) is 22.6. The second-order valence-corrected chi connectivity index (χ2v) is 11.0. The second kappa shape index (κ2) is 7.88. The number of sulfonamides is 1. The van der Waals surface area contributed by atoms with Crippen LogP contribution in [0.25, 0.3) is 0 Å². The molecule has 172 valence electrons. The molecule has 0 atom stereocenters. The normalized spacial score (nSPS) is 21.9. The lowest BCUT2D eigenvalue weighted by Crippen LogP contribution is -2.35. The zero-order valence-corrected chi connectivity index (χ0v) is 19.1. The van der Waals surface area contributed by atoms with Gasteiger partial charge in [0, 0.05) is 29.8 Å². The van der Waals surface area contributed by atoms with Crippen molar-refractivity contribution in [2.24, 2.45) is 0 Å². The zero-order valence-electron chi connectivity index (χ0n) is 18.3. The molecule has 1 fully saturated rings. The van der Waals surface area contributed by atoms with Crippen molar-refractivity contribution in [3.05, 3.63) is 46.0 Å². The number of carbonyl (C=O) groups is 1. The van der Waals surface area contributed by atoms with E-state index < -0.39 is 16.1 Å². The molecule has 32 heavy (non-hydrogen) atoms. The number of urea groups is 1. The van der Waals surface area contributed by atoms with Gasteiger partial charge in [-0.2, -0.15) is 8.42 Å². The van der Waals surface area contributed by atoms with Gasteiger partial charge < -0.3 is 9.73 Å². The van der Waals surface area contributed by atoms with Crippen LogP contribution in [0.2, 0.25) is 0 Å². The van der Waals surface area contributed by atoms with Gasteiger partial charge in [-0.25, -0.2) is 13.9 Å². The van der Waals surface area contributed by atoms with Gasteiger partial charge in [-0.1, -0.05) is 13.8 Å². The third-order valence-electron chi connectivity index (χ3n) is 6.90. The number of hydrogen-bond acceptors (Lipinski definition) is 5. The van der Waals surface area contributed by atoms with Gasteiger partial charge in [0.2, 0.25) is 5.09 Å². The Morgan fingerprint density at radius 3 is 2.62 bits per heavy atom. The van der Waals surface area contributed by atoms with Gasteiger partial charge >= 0.3 is 6.03 Å². The summed E-state index contributed by atoms with van der Waals surface area (Å²) in [6.07, 6.45) is 3.96. The molecule has 1 aromatic heterocycles. The molecule has 1 aliphatic carbocycles. The summed E-state index contributed by atoms with van der Waals surface area (Å²) in [5.74, 6) is 0.650. The molecule has 2 aromatic rings. The third kappa shape index (κ3) is 3.71. The number of benzene rings is 1. The van der Waals surface area contributed by atoms with Gasteiger partial charge in [-0.15, -0.1) is 0 Å². The SMILES string of the molecule is CC(C)c1cc(F)c2c(c1NC(=O)NS(=O)(=O)c1cc3c(o1)C1CCN(CC1)C3)CCC2. The molecule has 2 amide bonds. The van der Waals surface area contributed by atoms with Crippen LogP contribution in [0, 0.1) is 5.82 Å².